The second-order valence-electron chi connectivity index (χ2n) is 5.11. The molecule has 1 aliphatic carbocycles. The van der Waals surface area contributed by atoms with E-state index in [2.05, 4.69) is 5.32 Å². The Labute approximate surface area is 95.0 Å². The van der Waals surface area contributed by atoms with Crippen LogP contribution in [0.2, 0.25) is 0 Å². The fourth-order valence-electron chi connectivity index (χ4n) is 3.25. The quantitative estimate of drug-likeness (QED) is 0.699. The maximum absolute atomic E-state index is 13.2. The third kappa shape index (κ3) is 1.39. The monoisotopic (exact) mass is 220 g/mol. The minimum atomic E-state index is -0.166. The van der Waals surface area contributed by atoms with Crippen LogP contribution >= 0.6 is 0 Å². The molecule has 86 valence electrons. The first-order valence-corrected chi connectivity index (χ1v) is 5.96. The second kappa shape index (κ2) is 3.54. The van der Waals surface area contributed by atoms with Crippen molar-refractivity contribution in [3.05, 3.63) is 35.1 Å². The summed E-state index contributed by atoms with van der Waals surface area (Å²) < 4.78 is 13.2. The first-order chi connectivity index (χ1) is 7.71. The highest BCUT2D eigenvalue weighted by Gasteiger charge is 2.44. The average Bonchev–Trinajstić information content (AvgIpc) is 2.55. The zero-order valence-electron chi connectivity index (χ0n) is 9.30. The standard InChI is InChI=1S/C13H17FN2/c14-10-2-1-9-8-13(3-5-16-6-4-13)12(15)11(9)7-10/h1-2,7,12,16H,3-6,8,15H2/t12-/m1/s1. The van der Waals surface area contributed by atoms with Crippen LogP contribution in [0.1, 0.15) is 30.0 Å². The van der Waals surface area contributed by atoms with Gasteiger partial charge >= 0.3 is 0 Å². The van der Waals surface area contributed by atoms with Gasteiger partial charge in [-0.25, -0.2) is 4.39 Å². The van der Waals surface area contributed by atoms with Gasteiger partial charge in [0.2, 0.25) is 0 Å². The van der Waals surface area contributed by atoms with Crippen molar-refractivity contribution in [2.24, 2.45) is 11.1 Å². The van der Waals surface area contributed by atoms with Gasteiger partial charge < -0.3 is 11.1 Å². The number of rotatable bonds is 0. The number of hydrogen-bond donors (Lipinski definition) is 2. The van der Waals surface area contributed by atoms with Crippen molar-refractivity contribution < 1.29 is 4.39 Å². The van der Waals surface area contributed by atoms with Gasteiger partial charge in [0.25, 0.3) is 0 Å². The van der Waals surface area contributed by atoms with Crippen LogP contribution in [0.25, 0.3) is 0 Å². The van der Waals surface area contributed by atoms with Gasteiger partial charge in [-0.15, -0.1) is 0 Å². The molecule has 1 aliphatic heterocycles. The predicted molar refractivity (Wildman–Crippen MR) is 61.6 cm³/mol. The molecule has 0 radical (unpaired) electrons. The van der Waals surface area contributed by atoms with Crippen molar-refractivity contribution >= 4 is 0 Å². The lowest BCUT2D eigenvalue weighted by molar-refractivity contribution is 0.174. The lowest BCUT2D eigenvalue weighted by Gasteiger charge is -2.37. The molecule has 0 amide bonds. The Balaban J connectivity index is 1.99. The normalized spacial score (nSPS) is 27.0. The highest BCUT2D eigenvalue weighted by molar-refractivity contribution is 5.38. The first-order valence-electron chi connectivity index (χ1n) is 5.96. The molecule has 3 N–H and O–H groups in total. The molecule has 0 saturated carbocycles. The fourth-order valence-corrected chi connectivity index (χ4v) is 3.25. The van der Waals surface area contributed by atoms with Crippen LogP contribution in [0.5, 0.6) is 0 Å². The zero-order valence-corrected chi connectivity index (χ0v) is 9.30. The van der Waals surface area contributed by atoms with Gasteiger partial charge in [0.1, 0.15) is 5.82 Å². The molecule has 0 aromatic heterocycles. The van der Waals surface area contributed by atoms with Crippen LogP contribution in [0.3, 0.4) is 0 Å². The SMILES string of the molecule is N[C@@H]1c2cc(F)ccc2CC12CCNCC2. The molecule has 0 bridgehead atoms. The molecular formula is C13H17FN2. The van der Waals surface area contributed by atoms with E-state index < -0.39 is 0 Å². The molecule has 0 unspecified atom stereocenters. The number of nitrogens with two attached hydrogens (primary N) is 1. The van der Waals surface area contributed by atoms with Gasteiger partial charge in [0.05, 0.1) is 0 Å². The van der Waals surface area contributed by atoms with Crippen molar-refractivity contribution in [2.45, 2.75) is 25.3 Å². The zero-order chi connectivity index (χ0) is 11.2. The summed E-state index contributed by atoms with van der Waals surface area (Å²) >= 11 is 0. The van der Waals surface area contributed by atoms with Crippen molar-refractivity contribution in [3.63, 3.8) is 0 Å². The maximum Gasteiger partial charge on any atom is 0.123 e. The minimum absolute atomic E-state index is 0.0142. The average molecular weight is 220 g/mol. The molecular weight excluding hydrogens is 203 g/mol. The van der Waals surface area contributed by atoms with Crippen LogP contribution in [0.15, 0.2) is 18.2 Å². The number of piperidine rings is 1. The lowest BCUT2D eigenvalue weighted by Crippen LogP contribution is -2.42. The Kier molecular flexibility index (Phi) is 2.26. The number of hydrogen-bond acceptors (Lipinski definition) is 2. The summed E-state index contributed by atoms with van der Waals surface area (Å²) in [6.45, 7) is 2.06. The highest BCUT2D eigenvalue weighted by atomic mass is 19.1. The molecule has 3 heteroatoms. The summed E-state index contributed by atoms with van der Waals surface area (Å²) in [5.74, 6) is -0.166. The van der Waals surface area contributed by atoms with Gasteiger partial charge in [0.15, 0.2) is 0 Å². The van der Waals surface area contributed by atoms with Crippen LogP contribution in [-0.4, -0.2) is 13.1 Å². The third-order valence-corrected chi connectivity index (χ3v) is 4.24. The third-order valence-electron chi connectivity index (χ3n) is 4.24. The van der Waals surface area contributed by atoms with E-state index >= 15 is 0 Å². The van der Waals surface area contributed by atoms with Gasteiger partial charge in [-0.1, -0.05) is 6.07 Å². The van der Waals surface area contributed by atoms with Crippen LogP contribution < -0.4 is 11.1 Å². The largest absolute Gasteiger partial charge is 0.323 e. The Hall–Kier alpha value is -0.930. The summed E-state index contributed by atoms with van der Waals surface area (Å²) in [6, 6.07) is 5.09. The van der Waals surface area contributed by atoms with Crippen LogP contribution in [0.4, 0.5) is 4.39 Å². The summed E-state index contributed by atoms with van der Waals surface area (Å²) in [4.78, 5) is 0. The van der Waals surface area contributed by atoms with Crippen LogP contribution in [0, 0.1) is 11.2 Å². The molecule has 16 heavy (non-hydrogen) atoms. The van der Waals surface area contributed by atoms with E-state index in [1.54, 1.807) is 12.1 Å². The number of benzene rings is 1. The fraction of sp³-hybridized carbons (Fsp3) is 0.538. The first kappa shape index (κ1) is 10.2. The lowest BCUT2D eigenvalue weighted by atomic mass is 9.73. The van der Waals surface area contributed by atoms with E-state index in [0.717, 1.165) is 37.9 Å². The molecule has 1 fully saturated rings. The van der Waals surface area contributed by atoms with E-state index in [1.807, 2.05) is 6.07 Å². The number of halogens is 1. The molecule has 1 saturated heterocycles. The molecule has 2 aliphatic rings. The number of nitrogens with one attached hydrogen (secondary N) is 1. The topological polar surface area (TPSA) is 38.0 Å². The predicted octanol–water partition coefficient (Wildman–Crippen LogP) is 1.75. The molecule has 2 nitrogen and oxygen atoms in total. The Bertz CT molecular complexity index is 410. The number of fused-ring (bicyclic) bond motifs is 1. The van der Waals surface area contributed by atoms with E-state index in [1.165, 1.54) is 5.56 Å². The van der Waals surface area contributed by atoms with Gasteiger partial charge in [-0.3, -0.25) is 0 Å². The summed E-state index contributed by atoms with van der Waals surface area (Å²) in [6.07, 6.45) is 3.22. The van der Waals surface area contributed by atoms with Crippen molar-refractivity contribution in [1.82, 2.24) is 5.32 Å². The van der Waals surface area contributed by atoms with Crippen molar-refractivity contribution in [1.29, 1.82) is 0 Å². The Morgan fingerprint density at radius 3 is 2.81 bits per heavy atom. The maximum atomic E-state index is 13.2. The summed E-state index contributed by atoms with van der Waals surface area (Å²) in [5, 5.41) is 3.36. The van der Waals surface area contributed by atoms with Crippen molar-refractivity contribution in [3.8, 4) is 0 Å². The van der Waals surface area contributed by atoms with Gasteiger partial charge in [-0.2, -0.15) is 0 Å². The van der Waals surface area contributed by atoms with Gasteiger partial charge in [-0.05, 0) is 61.0 Å². The molecule has 1 atom stereocenters. The summed E-state index contributed by atoms with van der Waals surface area (Å²) in [7, 11) is 0. The molecule has 1 heterocycles. The molecule has 1 aromatic carbocycles. The van der Waals surface area contributed by atoms with E-state index in [9.17, 15) is 4.39 Å². The minimum Gasteiger partial charge on any atom is -0.323 e. The molecule has 1 spiro atoms. The Morgan fingerprint density at radius 2 is 2.06 bits per heavy atom. The molecule has 3 rings (SSSR count). The smallest absolute Gasteiger partial charge is 0.123 e. The van der Waals surface area contributed by atoms with E-state index in [4.69, 9.17) is 5.73 Å². The second-order valence-corrected chi connectivity index (χ2v) is 5.11. The van der Waals surface area contributed by atoms with Crippen LogP contribution in [-0.2, 0) is 6.42 Å². The van der Waals surface area contributed by atoms with Gasteiger partial charge in [0, 0.05) is 6.04 Å². The summed E-state index contributed by atoms with van der Waals surface area (Å²) in [5.41, 5.74) is 8.79. The van der Waals surface area contributed by atoms with E-state index in [-0.39, 0.29) is 17.3 Å². The van der Waals surface area contributed by atoms with E-state index in [0.29, 0.717) is 0 Å². The van der Waals surface area contributed by atoms with Crippen molar-refractivity contribution in [2.75, 3.05) is 13.1 Å². The molecule has 1 aromatic rings. The highest BCUT2D eigenvalue weighted by Crippen LogP contribution is 2.49. The Morgan fingerprint density at radius 1 is 1.31 bits per heavy atom.